The molecule has 3 heteroatoms. The minimum Gasteiger partial charge on any atom is -0.396 e. The molecule has 0 saturated heterocycles. The van der Waals surface area contributed by atoms with E-state index in [1.807, 2.05) is 12.1 Å². The van der Waals surface area contributed by atoms with Gasteiger partial charge in [0.05, 0.1) is 13.2 Å². The third-order valence-electron chi connectivity index (χ3n) is 4.14. The molecule has 2 aromatic carbocycles. The van der Waals surface area contributed by atoms with Crippen LogP contribution in [0.15, 0.2) is 60.7 Å². The van der Waals surface area contributed by atoms with Gasteiger partial charge in [0.25, 0.3) is 8.32 Å². The van der Waals surface area contributed by atoms with Gasteiger partial charge in [-0.2, -0.15) is 0 Å². The lowest BCUT2D eigenvalue weighted by molar-refractivity contribution is 0.304. The zero-order valence-electron chi connectivity index (χ0n) is 14.8. The van der Waals surface area contributed by atoms with Crippen molar-refractivity contribution in [2.75, 3.05) is 13.2 Å². The van der Waals surface area contributed by atoms with Crippen LogP contribution in [-0.2, 0) is 4.43 Å². The molecule has 0 unspecified atom stereocenters. The molecule has 0 atom stereocenters. The Morgan fingerprint density at radius 2 is 1.38 bits per heavy atom. The van der Waals surface area contributed by atoms with Crippen LogP contribution in [-0.4, -0.2) is 26.6 Å². The summed E-state index contributed by atoms with van der Waals surface area (Å²) in [5.41, 5.74) is 0. The standard InChI is InChI=1S/C21H26O2Si/c1-21(2,3)24(19-13-7-4-8-14-19,20-15-9-5-10-16-20)23-18-12-6-11-17-22/h4-5,7-10,13-16,22H,11,17-18H2,1-3H3. The second-order valence-corrected chi connectivity index (χ2v) is 11.1. The Kier molecular flexibility index (Phi) is 6.39. The van der Waals surface area contributed by atoms with E-state index in [4.69, 9.17) is 9.53 Å². The number of hydrogen-bond donors (Lipinski definition) is 1. The van der Waals surface area contributed by atoms with E-state index in [-0.39, 0.29) is 11.6 Å². The summed E-state index contributed by atoms with van der Waals surface area (Å²) in [6.45, 7) is 7.22. The molecule has 0 aromatic heterocycles. The monoisotopic (exact) mass is 338 g/mol. The molecule has 2 rings (SSSR count). The molecule has 24 heavy (non-hydrogen) atoms. The fourth-order valence-electron chi connectivity index (χ4n) is 3.10. The predicted octanol–water partition coefficient (Wildman–Crippen LogP) is 2.95. The second kappa shape index (κ2) is 8.30. The lowest BCUT2D eigenvalue weighted by Crippen LogP contribution is -2.66. The van der Waals surface area contributed by atoms with Crippen molar-refractivity contribution in [2.45, 2.75) is 32.2 Å². The second-order valence-electron chi connectivity index (χ2n) is 6.78. The van der Waals surface area contributed by atoms with Crippen LogP contribution in [0.2, 0.25) is 5.04 Å². The van der Waals surface area contributed by atoms with Gasteiger partial charge in [-0.1, -0.05) is 93.3 Å². The van der Waals surface area contributed by atoms with Crippen LogP contribution in [0.5, 0.6) is 0 Å². The molecule has 2 nitrogen and oxygen atoms in total. The zero-order valence-corrected chi connectivity index (χ0v) is 15.8. The third kappa shape index (κ3) is 3.96. The molecule has 0 aliphatic rings. The molecule has 1 N–H and O–H groups in total. The van der Waals surface area contributed by atoms with E-state index in [0.717, 1.165) is 0 Å². The van der Waals surface area contributed by atoms with Crippen LogP contribution in [0.3, 0.4) is 0 Å². The molecule has 2 aromatic rings. The third-order valence-corrected chi connectivity index (χ3v) is 9.12. The van der Waals surface area contributed by atoms with Gasteiger partial charge < -0.3 is 9.53 Å². The first kappa shape index (κ1) is 18.5. The van der Waals surface area contributed by atoms with Crippen LogP contribution in [0.4, 0.5) is 0 Å². The van der Waals surface area contributed by atoms with Gasteiger partial charge >= 0.3 is 0 Å². The van der Waals surface area contributed by atoms with Crippen LogP contribution >= 0.6 is 0 Å². The smallest absolute Gasteiger partial charge is 0.262 e. The normalized spacial score (nSPS) is 11.7. The van der Waals surface area contributed by atoms with Crippen molar-refractivity contribution >= 4 is 18.7 Å². The van der Waals surface area contributed by atoms with Gasteiger partial charge in [-0.25, -0.2) is 0 Å². The summed E-state index contributed by atoms with van der Waals surface area (Å²) in [7, 11) is -2.47. The lowest BCUT2D eigenvalue weighted by Gasteiger charge is -2.42. The van der Waals surface area contributed by atoms with Crippen molar-refractivity contribution in [1.29, 1.82) is 0 Å². The van der Waals surface area contributed by atoms with E-state index in [1.165, 1.54) is 10.4 Å². The van der Waals surface area contributed by atoms with E-state index >= 15 is 0 Å². The summed E-state index contributed by atoms with van der Waals surface area (Å²) >= 11 is 0. The van der Waals surface area contributed by atoms with Crippen molar-refractivity contribution in [3.8, 4) is 11.8 Å². The van der Waals surface area contributed by atoms with Crippen molar-refractivity contribution in [1.82, 2.24) is 0 Å². The first-order chi connectivity index (χ1) is 11.5. The number of benzene rings is 2. The van der Waals surface area contributed by atoms with Crippen molar-refractivity contribution in [3.63, 3.8) is 0 Å². The van der Waals surface area contributed by atoms with Crippen LogP contribution in [0.25, 0.3) is 0 Å². The topological polar surface area (TPSA) is 29.5 Å². The Hall–Kier alpha value is -1.86. The summed E-state index contributed by atoms with van der Waals surface area (Å²) < 4.78 is 6.60. The first-order valence-electron chi connectivity index (χ1n) is 8.34. The highest BCUT2D eigenvalue weighted by Gasteiger charge is 2.49. The quantitative estimate of drug-likeness (QED) is 0.671. The molecule has 0 radical (unpaired) electrons. The van der Waals surface area contributed by atoms with Crippen LogP contribution < -0.4 is 10.4 Å². The minimum absolute atomic E-state index is 0.0334. The average Bonchev–Trinajstić information content (AvgIpc) is 2.59. The summed E-state index contributed by atoms with van der Waals surface area (Å²) in [5.74, 6) is 6.01. The number of hydrogen-bond acceptors (Lipinski definition) is 2. The van der Waals surface area contributed by atoms with E-state index in [9.17, 15) is 0 Å². The van der Waals surface area contributed by atoms with E-state index in [2.05, 4.69) is 81.1 Å². The molecule has 0 fully saturated rings. The molecule has 0 saturated carbocycles. The van der Waals surface area contributed by atoms with Crippen molar-refractivity contribution < 1.29 is 9.53 Å². The highest BCUT2D eigenvalue weighted by Crippen LogP contribution is 2.36. The zero-order chi connectivity index (χ0) is 17.5. The van der Waals surface area contributed by atoms with Crippen LogP contribution in [0.1, 0.15) is 27.2 Å². The lowest BCUT2D eigenvalue weighted by atomic mass is 10.2. The van der Waals surface area contributed by atoms with Gasteiger partial charge in [0.15, 0.2) is 0 Å². The van der Waals surface area contributed by atoms with Gasteiger partial charge in [0, 0.05) is 6.42 Å². The maximum Gasteiger partial charge on any atom is 0.262 e. The largest absolute Gasteiger partial charge is 0.396 e. The first-order valence-corrected chi connectivity index (χ1v) is 10.2. The Morgan fingerprint density at radius 1 is 0.875 bits per heavy atom. The molecule has 0 amide bonds. The van der Waals surface area contributed by atoms with E-state index in [0.29, 0.717) is 13.0 Å². The Labute approximate surface area is 146 Å². The molecule has 0 spiro atoms. The van der Waals surface area contributed by atoms with Gasteiger partial charge in [0.1, 0.15) is 0 Å². The SMILES string of the molecule is CC(C)(C)[Si](OCC#CCCO)(c1ccccc1)c1ccccc1. The molecule has 0 aliphatic carbocycles. The van der Waals surface area contributed by atoms with Crippen molar-refractivity contribution in [3.05, 3.63) is 60.7 Å². The molecule has 0 aliphatic heterocycles. The Bertz CT molecular complexity index is 639. The highest BCUT2D eigenvalue weighted by molar-refractivity contribution is 6.99. The Balaban J connectivity index is 2.52. The minimum atomic E-state index is -2.47. The maximum atomic E-state index is 8.88. The van der Waals surface area contributed by atoms with Crippen LogP contribution in [0, 0.1) is 11.8 Å². The van der Waals surface area contributed by atoms with Gasteiger partial charge in [-0.05, 0) is 15.4 Å². The summed E-state index contributed by atoms with van der Waals surface area (Å²) in [5, 5.41) is 11.4. The van der Waals surface area contributed by atoms with Gasteiger partial charge in [-0.15, -0.1) is 0 Å². The average molecular weight is 339 g/mol. The summed E-state index contributed by atoms with van der Waals surface area (Å²) in [4.78, 5) is 0. The van der Waals surface area contributed by atoms with E-state index in [1.54, 1.807) is 0 Å². The molecular weight excluding hydrogens is 312 g/mol. The fraction of sp³-hybridized carbons (Fsp3) is 0.333. The van der Waals surface area contributed by atoms with Gasteiger partial charge in [-0.3, -0.25) is 0 Å². The van der Waals surface area contributed by atoms with Crippen molar-refractivity contribution in [2.24, 2.45) is 0 Å². The maximum absolute atomic E-state index is 8.88. The summed E-state index contributed by atoms with van der Waals surface area (Å²) in [6.07, 6.45) is 0.490. The molecular formula is C21H26O2Si. The number of aliphatic hydroxyl groups is 1. The Morgan fingerprint density at radius 3 is 1.79 bits per heavy atom. The fourth-order valence-corrected chi connectivity index (χ4v) is 7.55. The number of rotatable bonds is 5. The number of aliphatic hydroxyl groups excluding tert-OH is 1. The molecule has 0 bridgehead atoms. The van der Waals surface area contributed by atoms with Gasteiger partial charge in [0.2, 0.25) is 0 Å². The molecule has 126 valence electrons. The molecule has 0 heterocycles. The predicted molar refractivity (Wildman–Crippen MR) is 103 cm³/mol. The highest BCUT2D eigenvalue weighted by atomic mass is 28.4. The summed E-state index contributed by atoms with van der Waals surface area (Å²) in [6, 6.07) is 21.1. The van der Waals surface area contributed by atoms with E-state index < -0.39 is 8.32 Å².